The number of hydrogen-bond donors (Lipinski definition) is 1. The Morgan fingerprint density at radius 2 is 1.74 bits per heavy atom. The van der Waals surface area contributed by atoms with E-state index in [0.29, 0.717) is 22.6 Å². The lowest BCUT2D eigenvalue weighted by Gasteiger charge is -2.09. The third-order valence-electron chi connectivity index (χ3n) is 3.63. The van der Waals surface area contributed by atoms with E-state index in [1.165, 1.54) is 6.21 Å². The average Bonchev–Trinajstić information content (AvgIpc) is 3.07. The summed E-state index contributed by atoms with van der Waals surface area (Å²) in [5.74, 6) is 0.847. The van der Waals surface area contributed by atoms with Crippen molar-refractivity contribution in [2.45, 2.75) is 0 Å². The summed E-state index contributed by atoms with van der Waals surface area (Å²) < 4.78 is 18.5. The van der Waals surface area contributed by atoms with Gasteiger partial charge in [-0.15, -0.1) is 0 Å². The van der Waals surface area contributed by atoms with Crippen molar-refractivity contribution in [2.24, 2.45) is 5.10 Å². The topological polar surface area (TPSA) is 73.1 Å². The van der Waals surface area contributed by atoms with Crippen LogP contribution in [0.5, 0.6) is 11.5 Å². The Morgan fingerprint density at radius 3 is 2.44 bits per heavy atom. The smallest absolute Gasteiger partial charge is 0.307 e. The Labute approximate surface area is 180 Å². The molecule has 0 aliphatic rings. The molecule has 0 saturated carbocycles. The van der Waals surface area contributed by atoms with Gasteiger partial charge in [0.05, 0.1) is 24.9 Å². The van der Waals surface area contributed by atoms with Crippen LogP contribution in [0, 0.1) is 0 Å². The highest BCUT2D eigenvalue weighted by Gasteiger charge is 2.14. The third kappa shape index (κ3) is 4.36. The fourth-order valence-corrected chi connectivity index (χ4v) is 4.14. The molecule has 0 aliphatic heterocycles. The Bertz CT molecular complexity index is 1050. The summed E-state index contributed by atoms with van der Waals surface area (Å²) in [7, 11) is 3.11. The van der Waals surface area contributed by atoms with Gasteiger partial charge in [-0.2, -0.15) is 5.10 Å². The maximum absolute atomic E-state index is 12.3. The summed E-state index contributed by atoms with van der Waals surface area (Å²) in [4.78, 5) is 12.3. The second kappa shape index (κ2) is 8.45. The molecule has 140 valence electrons. The van der Waals surface area contributed by atoms with Crippen molar-refractivity contribution >= 4 is 70.9 Å². The SMILES string of the molecule is COc1cc(Br)c(/C=N\NC(=O)c2cc3cc(Br)cc(Br)c3o2)cc1OC. The lowest BCUT2D eigenvalue weighted by Crippen LogP contribution is -2.16. The number of furan rings is 1. The molecule has 1 amide bonds. The van der Waals surface area contributed by atoms with Crippen molar-refractivity contribution in [1.82, 2.24) is 5.43 Å². The number of carbonyl (C=O) groups is 1. The standard InChI is InChI=1S/C18H13Br3N2O4/c1-25-14-5-10(12(20)7-15(14)26-2)8-22-23-18(24)16-4-9-3-11(19)6-13(21)17(9)27-16/h3-8H,1-2H3,(H,23,24)/b22-8-. The number of carbonyl (C=O) groups excluding carboxylic acids is 1. The number of methoxy groups -OCH3 is 2. The quantitative estimate of drug-likeness (QED) is 0.330. The molecule has 3 aromatic rings. The second-order valence-corrected chi connectivity index (χ2v) is 7.97. The molecule has 2 aromatic carbocycles. The average molecular weight is 561 g/mol. The van der Waals surface area contributed by atoms with E-state index in [0.717, 1.165) is 18.8 Å². The Morgan fingerprint density at radius 1 is 1.04 bits per heavy atom. The molecule has 0 radical (unpaired) electrons. The summed E-state index contributed by atoms with van der Waals surface area (Å²) in [6.07, 6.45) is 1.50. The van der Waals surface area contributed by atoms with Crippen LogP contribution in [-0.2, 0) is 0 Å². The van der Waals surface area contributed by atoms with Gasteiger partial charge in [0.15, 0.2) is 17.3 Å². The van der Waals surface area contributed by atoms with E-state index in [1.54, 1.807) is 32.4 Å². The van der Waals surface area contributed by atoms with E-state index in [-0.39, 0.29) is 5.76 Å². The number of benzene rings is 2. The molecule has 1 aromatic heterocycles. The molecule has 1 heterocycles. The predicted molar refractivity (Wildman–Crippen MR) is 114 cm³/mol. The monoisotopic (exact) mass is 558 g/mol. The molecule has 0 bridgehead atoms. The molecule has 0 atom stereocenters. The summed E-state index contributed by atoms with van der Waals surface area (Å²) in [6.45, 7) is 0. The minimum Gasteiger partial charge on any atom is -0.493 e. The second-order valence-electron chi connectivity index (χ2n) is 5.34. The van der Waals surface area contributed by atoms with Gasteiger partial charge in [-0.1, -0.05) is 15.9 Å². The lowest BCUT2D eigenvalue weighted by atomic mass is 10.2. The Hall–Kier alpha value is -1.84. The highest BCUT2D eigenvalue weighted by atomic mass is 79.9. The molecule has 0 unspecified atom stereocenters. The molecule has 9 heteroatoms. The first kappa shape index (κ1) is 19.9. The van der Waals surface area contributed by atoms with E-state index in [1.807, 2.05) is 12.1 Å². The first-order valence-corrected chi connectivity index (χ1v) is 9.94. The first-order valence-electron chi connectivity index (χ1n) is 7.56. The number of hydrogen-bond acceptors (Lipinski definition) is 5. The minimum atomic E-state index is -0.456. The van der Waals surface area contributed by atoms with Gasteiger partial charge in [0.1, 0.15) is 5.58 Å². The van der Waals surface area contributed by atoms with Crippen LogP contribution >= 0.6 is 47.8 Å². The summed E-state index contributed by atoms with van der Waals surface area (Å²) in [6, 6.07) is 8.87. The summed E-state index contributed by atoms with van der Waals surface area (Å²) >= 11 is 10.3. The number of hydrazone groups is 1. The van der Waals surface area contributed by atoms with Gasteiger partial charge in [0.25, 0.3) is 0 Å². The van der Waals surface area contributed by atoms with E-state index < -0.39 is 5.91 Å². The van der Waals surface area contributed by atoms with Crippen LogP contribution in [-0.4, -0.2) is 26.3 Å². The molecular weight excluding hydrogens is 548 g/mol. The molecule has 1 N–H and O–H groups in total. The maximum atomic E-state index is 12.3. The van der Waals surface area contributed by atoms with Gasteiger partial charge < -0.3 is 13.9 Å². The van der Waals surface area contributed by atoms with E-state index in [2.05, 4.69) is 58.3 Å². The highest BCUT2D eigenvalue weighted by molar-refractivity contribution is 9.11. The van der Waals surface area contributed by atoms with Gasteiger partial charge in [-0.3, -0.25) is 4.79 Å². The molecular formula is C18H13Br3N2O4. The molecule has 0 fully saturated rings. The van der Waals surface area contributed by atoms with Crippen LogP contribution in [0.2, 0.25) is 0 Å². The van der Waals surface area contributed by atoms with Crippen molar-refractivity contribution in [3.05, 3.63) is 55.1 Å². The van der Waals surface area contributed by atoms with Crippen molar-refractivity contribution in [1.29, 1.82) is 0 Å². The Kier molecular flexibility index (Phi) is 6.23. The van der Waals surface area contributed by atoms with Crippen LogP contribution in [0.15, 0.2) is 53.3 Å². The van der Waals surface area contributed by atoms with Crippen LogP contribution in [0.1, 0.15) is 16.1 Å². The highest BCUT2D eigenvalue weighted by Crippen LogP contribution is 2.33. The number of fused-ring (bicyclic) bond motifs is 1. The number of rotatable bonds is 5. The molecule has 0 spiro atoms. The van der Waals surface area contributed by atoms with E-state index in [9.17, 15) is 4.79 Å². The zero-order chi connectivity index (χ0) is 19.6. The molecule has 6 nitrogen and oxygen atoms in total. The number of nitrogens with one attached hydrogen (secondary N) is 1. The molecule has 0 saturated heterocycles. The lowest BCUT2D eigenvalue weighted by molar-refractivity contribution is 0.0929. The molecule has 0 aliphatic carbocycles. The Balaban J connectivity index is 1.79. The zero-order valence-corrected chi connectivity index (χ0v) is 18.9. The van der Waals surface area contributed by atoms with Crippen molar-refractivity contribution < 1.29 is 18.7 Å². The number of ether oxygens (including phenoxy) is 2. The van der Waals surface area contributed by atoms with Crippen LogP contribution in [0.4, 0.5) is 0 Å². The zero-order valence-electron chi connectivity index (χ0n) is 14.2. The van der Waals surface area contributed by atoms with Gasteiger partial charge >= 0.3 is 5.91 Å². The number of nitrogens with zero attached hydrogens (tertiary/aromatic N) is 1. The number of amides is 1. The third-order valence-corrected chi connectivity index (χ3v) is 5.37. The number of halogens is 3. The molecule has 27 heavy (non-hydrogen) atoms. The van der Waals surface area contributed by atoms with Crippen LogP contribution in [0.3, 0.4) is 0 Å². The first-order chi connectivity index (χ1) is 12.9. The fourth-order valence-electron chi connectivity index (χ4n) is 2.37. The van der Waals surface area contributed by atoms with Crippen LogP contribution in [0.25, 0.3) is 11.0 Å². The van der Waals surface area contributed by atoms with Crippen molar-refractivity contribution in [3.63, 3.8) is 0 Å². The fraction of sp³-hybridized carbons (Fsp3) is 0.111. The van der Waals surface area contributed by atoms with E-state index in [4.69, 9.17) is 13.9 Å². The van der Waals surface area contributed by atoms with Crippen molar-refractivity contribution in [3.8, 4) is 11.5 Å². The maximum Gasteiger partial charge on any atom is 0.307 e. The predicted octanol–water partition coefficient (Wildman–Crippen LogP) is 5.50. The summed E-state index contributed by atoms with van der Waals surface area (Å²) in [5.41, 5.74) is 3.76. The summed E-state index contributed by atoms with van der Waals surface area (Å²) in [5, 5.41) is 4.79. The van der Waals surface area contributed by atoms with Gasteiger partial charge in [-0.25, -0.2) is 5.43 Å². The normalized spacial score (nSPS) is 11.1. The van der Waals surface area contributed by atoms with Crippen molar-refractivity contribution in [2.75, 3.05) is 14.2 Å². The van der Waals surface area contributed by atoms with Gasteiger partial charge in [-0.05, 0) is 62.2 Å². The van der Waals surface area contributed by atoms with Crippen LogP contribution < -0.4 is 14.9 Å². The van der Waals surface area contributed by atoms with Gasteiger partial charge in [0.2, 0.25) is 0 Å². The molecule has 3 rings (SSSR count). The van der Waals surface area contributed by atoms with E-state index >= 15 is 0 Å². The minimum absolute atomic E-state index is 0.160. The van der Waals surface area contributed by atoms with Gasteiger partial charge in [0, 0.05) is 19.9 Å². The largest absolute Gasteiger partial charge is 0.493 e.